The van der Waals surface area contributed by atoms with Gasteiger partial charge in [-0.15, -0.1) is 0 Å². The molecule has 0 radical (unpaired) electrons. The lowest BCUT2D eigenvalue weighted by molar-refractivity contribution is 0.486. The summed E-state index contributed by atoms with van der Waals surface area (Å²) in [6, 6.07) is 10.7. The Kier molecular flexibility index (Phi) is 4.40. The third-order valence-corrected chi connectivity index (χ3v) is 4.72. The number of para-hydroxylation sites is 1. The first kappa shape index (κ1) is 14.7. The quantitative estimate of drug-likeness (QED) is 0.734. The maximum Gasteiger partial charge on any atom is 0.340 e. The van der Waals surface area contributed by atoms with Gasteiger partial charge in [-0.3, -0.25) is 0 Å². The summed E-state index contributed by atoms with van der Waals surface area (Å²) in [5.74, 6) is 0.0585. The Morgan fingerprint density at radius 2 is 1.68 bits per heavy atom. The minimum atomic E-state index is -4.02. The van der Waals surface area contributed by atoms with Crippen LogP contribution in [0.4, 0.5) is 0 Å². The Bertz CT molecular complexity index is 717. The molecule has 0 aromatic heterocycles. The van der Waals surface area contributed by atoms with Gasteiger partial charge < -0.3 is 4.18 Å². The van der Waals surface area contributed by atoms with Crippen molar-refractivity contribution in [2.45, 2.75) is 4.90 Å². The third-order valence-electron chi connectivity index (χ3n) is 2.20. The van der Waals surface area contributed by atoms with Crippen LogP contribution < -0.4 is 4.18 Å². The molecule has 0 atom stereocenters. The van der Waals surface area contributed by atoms with Gasteiger partial charge in [0.15, 0.2) is 5.75 Å². The molecule has 0 fully saturated rings. The molecule has 0 N–H and O–H groups in total. The van der Waals surface area contributed by atoms with E-state index in [2.05, 4.69) is 15.9 Å². The fraction of sp³-hybridized carbons (Fsp3) is 0. The summed E-state index contributed by atoms with van der Waals surface area (Å²) in [6.07, 6.45) is 0. The normalized spacial score (nSPS) is 11.3. The first-order valence-electron chi connectivity index (χ1n) is 5.04. The SMILES string of the molecule is O=S(=O)(Oc1ccccc1Cl)c1ccc(Br)cc1Cl. The highest BCUT2D eigenvalue weighted by Crippen LogP contribution is 2.30. The third kappa shape index (κ3) is 3.42. The standard InChI is InChI=1S/C12H7BrCl2O3S/c13-8-5-6-12(10(15)7-8)19(16,17)18-11-4-2-1-3-9(11)14/h1-7H. The summed E-state index contributed by atoms with van der Waals surface area (Å²) in [7, 11) is -4.02. The topological polar surface area (TPSA) is 43.4 Å². The van der Waals surface area contributed by atoms with Crippen molar-refractivity contribution in [2.75, 3.05) is 0 Å². The van der Waals surface area contributed by atoms with Crippen LogP contribution in [0.1, 0.15) is 0 Å². The first-order chi connectivity index (χ1) is 8.90. The molecule has 0 saturated heterocycles. The molecule has 0 aliphatic carbocycles. The van der Waals surface area contributed by atoms with Crippen molar-refractivity contribution in [3.8, 4) is 5.75 Å². The van der Waals surface area contributed by atoms with Crippen molar-refractivity contribution in [2.24, 2.45) is 0 Å². The number of rotatable bonds is 3. The van der Waals surface area contributed by atoms with Crippen LogP contribution in [-0.2, 0) is 10.1 Å². The van der Waals surface area contributed by atoms with E-state index < -0.39 is 10.1 Å². The fourth-order valence-electron chi connectivity index (χ4n) is 1.35. The zero-order chi connectivity index (χ0) is 14.0. The lowest BCUT2D eigenvalue weighted by Crippen LogP contribution is -2.10. The fourth-order valence-corrected chi connectivity index (χ4v) is 3.53. The Labute approximate surface area is 129 Å². The van der Waals surface area contributed by atoms with E-state index in [1.807, 2.05) is 0 Å². The van der Waals surface area contributed by atoms with E-state index in [9.17, 15) is 8.42 Å². The van der Waals surface area contributed by atoms with Gasteiger partial charge in [-0.2, -0.15) is 8.42 Å². The molecule has 7 heteroatoms. The summed E-state index contributed by atoms with van der Waals surface area (Å²) in [5, 5.41) is 0.278. The average Bonchev–Trinajstić information content (AvgIpc) is 2.31. The number of hydrogen-bond acceptors (Lipinski definition) is 3. The second-order valence-corrected chi connectivity index (χ2v) is 6.79. The van der Waals surface area contributed by atoms with Gasteiger partial charge in [0.1, 0.15) is 4.90 Å². The Morgan fingerprint density at radius 3 is 2.32 bits per heavy atom. The van der Waals surface area contributed by atoms with Gasteiger partial charge in [0.05, 0.1) is 10.0 Å². The van der Waals surface area contributed by atoms with Crippen molar-refractivity contribution < 1.29 is 12.6 Å². The molecular formula is C12H7BrCl2O3S. The van der Waals surface area contributed by atoms with Crippen LogP contribution in [0.5, 0.6) is 5.75 Å². The van der Waals surface area contributed by atoms with Gasteiger partial charge in [0, 0.05) is 4.47 Å². The second-order valence-electron chi connectivity index (χ2n) is 3.54. The maximum atomic E-state index is 12.1. The maximum absolute atomic E-state index is 12.1. The highest BCUT2D eigenvalue weighted by atomic mass is 79.9. The Morgan fingerprint density at radius 1 is 1.00 bits per heavy atom. The van der Waals surface area contributed by atoms with Crippen LogP contribution in [0.3, 0.4) is 0 Å². The lowest BCUT2D eigenvalue weighted by Gasteiger charge is -2.09. The summed E-state index contributed by atoms with van der Waals surface area (Å²) >= 11 is 15.0. The summed E-state index contributed by atoms with van der Waals surface area (Å²) in [5.41, 5.74) is 0. The van der Waals surface area contributed by atoms with Crippen LogP contribution in [0, 0.1) is 0 Å². The molecule has 0 bridgehead atoms. The van der Waals surface area contributed by atoms with Gasteiger partial charge in [-0.25, -0.2) is 0 Å². The van der Waals surface area contributed by atoms with E-state index in [4.69, 9.17) is 27.4 Å². The highest BCUT2D eigenvalue weighted by Gasteiger charge is 2.21. The van der Waals surface area contributed by atoms with Crippen LogP contribution in [0.15, 0.2) is 51.8 Å². The molecule has 2 rings (SSSR count). The van der Waals surface area contributed by atoms with E-state index in [0.717, 1.165) is 0 Å². The summed E-state index contributed by atoms with van der Waals surface area (Å²) < 4.78 is 29.9. The number of benzene rings is 2. The second kappa shape index (κ2) is 5.71. The number of hydrogen-bond donors (Lipinski definition) is 0. The van der Waals surface area contributed by atoms with Crippen molar-refractivity contribution in [3.05, 3.63) is 57.0 Å². The predicted molar refractivity (Wildman–Crippen MR) is 78.4 cm³/mol. The van der Waals surface area contributed by atoms with E-state index >= 15 is 0 Å². The molecule has 0 amide bonds. The molecule has 19 heavy (non-hydrogen) atoms. The summed E-state index contributed by atoms with van der Waals surface area (Å²) in [4.78, 5) is -0.114. The molecule has 0 aliphatic rings. The van der Waals surface area contributed by atoms with Crippen molar-refractivity contribution >= 4 is 49.2 Å². The molecule has 0 unspecified atom stereocenters. The van der Waals surface area contributed by atoms with E-state index in [-0.39, 0.29) is 20.7 Å². The van der Waals surface area contributed by atoms with Gasteiger partial charge in [0.2, 0.25) is 0 Å². The molecule has 100 valence electrons. The monoisotopic (exact) mass is 380 g/mol. The molecule has 3 nitrogen and oxygen atoms in total. The molecule has 0 saturated carbocycles. The Hall–Kier alpha value is -0.750. The van der Waals surface area contributed by atoms with E-state index in [1.54, 1.807) is 18.2 Å². The van der Waals surface area contributed by atoms with E-state index in [0.29, 0.717) is 4.47 Å². The molecule has 0 aliphatic heterocycles. The molecule has 0 heterocycles. The Balaban J connectivity index is 2.41. The zero-order valence-electron chi connectivity index (χ0n) is 9.31. The minimum absolute atomic E-state index is 0.0585. The van der Waals surface area contributed by atoms with Gasteiger partial charge in [-0.05, 0) is 30.3 Å². The van der Waals surface area contributed by atoms with Crippen LogP contribution in [-0.4, -0.2) is 8.42 Å². The highest BCUT2D eigenvalue weighted by molar-refractivity contribution is 9.10. The predicted octanol–water partition coefficient (Wildman–Crippen LogP) is 4.52. The largest absolute Gasteiger partial charge is 0.377 e. The molecule has 2 aromatic carbocycles. The smallest absolute Gasteiger partial charge is 0.340 e. The van der Waals surface area contributed by atoms with Crippen molar-refractivity contribution in [1.82, 2.24) is 0 Å². The van der Waals surface area contributed by atoms with E-state index in [1.165, 1.54) is 24.3 Å². The van der Waals surface area contributed by atoms with Crippen LogP contribution in [0.2, 0.25) is 10.0 Å². The first-order valence-corrected chi connectivity index (χ1v) is 8.00. The zero-order valence-corrected chi connectivity index (χ0v) is 13.2. The van der Waals surface area contributed by atoms with Gasteiger partial charge in [0.25, 0.3) is 0 Å². The molecule has 0 spiro atoms. The van der Waals surface area contributed by atoms with Gasteiger partial charge >= 0.3 is 10.1 Å². The summed E-state index contributed by atoms with van der Waals surface area (Å²) in [6.45, 7) is 0. The van der Waals surface area contributed by atoms with Gasteiger partial charge in [-0.1, -0.05) is 51.3 Å². The van der Waals surface area contributed by atoms with Crippen LogP contribution in [0.25, 0.3) is 0 Å². The van der Waals surface area contributed by atoms with Crippen LogP contribution >= 0.6 is 39.1 Å². The lowest BCUT2D eigenvalue weighted by atomic mass is 10.3. The minimum Gasteiger partial charge on any atom is -0.377 e. The number of halogens is 3. The molecular weight excluding hydrogens is 375 g/mol. The average molecular weight is 382 g/mol. The molecule has 2 aromatic rings. The van der Waals surface area contributed by atoms with Crippen molar-refractivity contribution in [3.63, 3.8) is 0 Å². The van der Waals surface area contributed by atoms with Crippen molar-refractivity contribution in [1.29, 1.82) is 0 Å².